The number of quaternary nitrogens is 1. The highest BCUT2D eigenvalue weighted by atomic mass is 32.2. The molecule has 5 rings (SSSR count). The molecule has 3 aliphatic rings. The van der Waals surface area contributed by atoms with Gasteiger partial charge in [-0.05, 0) is 56.5 Å². The Morgan fingerprint density at radius 3 is 2.72 bits per heavy atom. The van der Waals surface area contributed by atoms with E-state index in [1.165, 1.54) is 23.1 Å². The van der Waals surface area contributed by atoms with Gasteiger partial charge in [0.05, 0.1) is 22.8 Å². The highest BCUT2D eigenvalue weighted by Crippen LogP contribution is 2.33. The fourth-order valence-corrected chi connectivity index (χ4v) is 5.59. The Hall–Kier alpha value is -3.35. The summed E-state index contributed by atoms with van der Waals surface area (Å²) in [5, 5.41) is 8.44. The molecule has 10 nitrogen and oxygen atoms in total. The van der Waals surface area contributed by atoms with Crippen molar-refractivity contribution in [2.45, 2.75) is 43.4 Å². The molecular formula is C24H27FN5O5S+. The molecule has 1 amide bonds. The summed E-state index contributed by atoms with van der Waals surface area (Å²) in [5.41, 5.74) is 1.51. The molecule has 0 aliphatic carbocycles. The van der Waals surface area contributed by atoms with Crippen LogP contribution in [-0.4, -0.2) is 46.5 Å². The largest absolute Gasteiger partial charge is 0.438 e. The van der Waals surface area contributed by atoms with Crippen LogP contribution in [0.2, 0.25) is 0 Å². The van der Waals surface area contributed by atoms with Gasteiger partial charge in [-0.15, -0.1) is 5.11 Å². The van der Waals surface area contributed by atoms with Crippen molar-refractivity contribution in [1.29, 1.82) is 0 Å². The summed E-state index contributed by atoms with van der Waals surface area (Å²) >= 11 is 0. The number of carbonyl (C=O) groups is 1. The van der Waals surface area contributed by atoms with E-state index >= 15 is 4.39 Å². The van der Waals surface area contributed by atoms with Crippen LogP contribution >= 0.6 is 0 Å². The SMILES string of the molecule is Cc1ccc(S(=O)(=O)O[C@@H]2CCCCN2c2ccc(N3CC(C[NH+]4C=CN=N4)OC3=O)cc2F)cc1. The van der Waals surface area contributed by atoms with E-state index in [0.717, 1.165) is 18.4 Å². The van der Waals surface area contributed by atoms with E-state index < -0.39 is 34.4 Å². The molecule has 2 unspecified atom stereocenters. The highest BCUT2D eigenvalue weighted by Gasteiger charge is 2.36. The number of nitrogens with zero attached hydrogens (tertiary/aromatic N) is 4. The number of nitrogens with one attached hydrogen (secondary N) is 1. The van der Waals surface area contributed by atoms with Crippen LogP contribution in [0.4, 0.5) is 20.6 Å². The normalized spacial score (nSPS) is 23.9. The third-order valence-electron chi connectivity index (χ3n) is 6.38. The van der Waals surface area contributed by atoms with Gasteiger partial charge in [0, 0.05) is 11.8 Å². The quantitative estimate of drug-likeness (QED) is 0.568. The van der Waals surface area contributed by atoms with Crippen molar-refractivity contribution >= 4 is 27.6 Å². The molecule has 0 radical (unpaired) electrons. The lowest BCUT2D eigenvalue weighted by atomic mass is 10.1. The standard InChI is InChI=1S/C24H26FN5O5S/c1-17-5-8-20(9-6-17)36(32,33)35-23-4-2-3-12-29(23)22-10-7-18(14-21(22)25)30-16-19(34-24(30)31)15-28-13-11-26-27-28/h5-11,13-14,19,23H,2-4,12,15-16H2,1H3/p+1/t19?,23-/m1/s1. The van der Waals surface area contributed by atoms with Gasteiger partial charge in [-0.3, -0.25) is 4.90 Å². The maximum Gasteiger partial charge on any atom is 0.414 e. The number of halogens is 1. The van der Waals surface area contributed by atoms with Gasteiger partial charge in [0.15, 0.2) is 6.10 Å². The van der Waals surface area contributed by atoms with Crippen LogP contribution in [0.15, 0.2) is 70.1 Å². The Bertz CT molecular complexity index is 1290. The molecule has 0 bridgehead atoms. The zero-order valence-electron chi connectivity index (χ0n) is 19.7. The smallest absolute Gasteiger partial charge is 0.414 e. The van der Waals surface area contributed by atoms with Crippen molar-refractivity contribution in [1.82, 2.24) is 0 Å². The molecule has 2 aromatic carbocycles. The first kappa shape index (κ1) is 24.3. The fourth-order valence-electron chi connectivity index (χ4n) is 4.52. The number of anilines is 2. The average molecular weight is 517 g/mol. The number of rotatable bonds is 7. The molecule has 3 atom stereocenters. The van der Waals surface area contributed by atoms with Gasteiger partial charge >= 0.3 is 6.09 Å². The number of hydrogen-bond acceptors (Lipinski definition) is 8. The molecule has 36 heavy (non-hydrogen) atoms. The van der Waals surface area contributed by atoms with Crippen LogP contribution in [-0.2, 0) is 19.0 Å². The minimum absolute atomic E-state index is 0.0595. The lowest BCUT2D eigenvalue weighted by Gasteiger charge is -2.36. The summed E-state index contributed by atoms with van der Waals surface area (Å²) in [6, 6.07) is 10.9. The Morgan fingerprint density at radius 2 is 2.00 bits per heavy atom. The predicted octanol–water partition coefficient (Wildman–Crippen LogP) is 2.92. The van der Waals surface area contributed by atoms with E-state index in [4.69, 9.17) is 8.92 Å². The van der Waals surface area contributed by atoms with Crippen LogP contribution < -0.4 is 14.8 Å². The van der Waals surface area contributed by atoms with Gasteiger partial charge in [-0.1, -0.05) is 17.7 Å². The van der Waals surface area contributed by atoms with E-state index in [2.05, 4.69) is 10.3 Å². The van der Waals surface area contributed by atoms with Gasteiger partial charge in [-0.2, -0.15) is 13.4 Å². The second-order valence-electron chi connectivity index (χ2n) is 8.99. The van der Waals surface area contributed by atoms with Crippen LogP contribution in [0.1, 0.15) is 24.8 Å². The van der Waals surface area contributed by atoms with E-state index in [1.807, 2.05) is 6.92 Å². The molecule has 2 saturated heterocycles. The summed E-state index contributed by atoms with van der Waals surface area (Å²) < 4.78 is 52.1. The van der Waals surface area contributed by atoms with E-state index in [-0.39, 0.29) is 17.1 Å². The summed E-state index contributed by atoms with van der Waals surface area (Å²) in [7, 11) is -4.03. The van der Waals surface area contributed by atoms with Crippen LogP contribution in [0.5, 0.6) is 0 Å². The van der Waals surface area contributed by atoms with Gasteiger partial charge in [-0.25, -0.2) is 13.4 Å². The zero-order valence-corrected chi connectivity index (χ0v) is 20.5. The third kappa shape index (κ3) is 5.11. The first-order valence-corrected chi connectivity index (χ1v) is 13.2. The number of amides is 1. The first-order valence-electron chi connectivity index (χ1n) is 11.8. The average Bonchev–Trinajstić information content (AvgIpc) is 3.49. The number of benzene rings is 2. The molecule has 0 aromatic heterocycles. The van der Waals surface area contributed by atoms with E-state index in [9.17, 15) is 13.2 Å². The summed E-state index contributed by atoms with van der Waals surface area (Å²) in [4.78, 5) is 15.5. The van der Waals surface area contributed by atoms with E-state index in [0.29, 0.717) is 30.2 Å². The zero-order chi connectivity index (χ0) is 25.3. The summed E-state index contributed by atoms with van der Waals surface area (Å²) in [5.74, 6) is -0.575. The number of hydrogen-bond donors (Lipinski definition) is 1. The molecule has 0 saturated carbocycles. The van der Waals surface area contributed by atoms with Crippen molar-refractivity contribution in [3.63, 3.8) is 0 Å². The first-order chi connectivity index (χ1) is 17.3. The molecule has 12 heteroatoms. The number of aryl methyl sites for hydroxylation is 1. The summed E-state index contributed by atoms with van der Waals surface area (Å²) in [6.07, 6.45) is 3.49. The fraction of sp³-hybridized carbons (Fsp3) is 0.375. The Kier molecular flexibility index (Phi) is 6.73. The van der Waals surface area contributed by atoms with E-state index in [1.54, 1.807) is 41.6 Å². The Labute approximate surface area is 208 Å². The van der Waals surface area contributed by atoms with Crippen LogP contribution in [0.25, 0.3) is 0 Å². The van der Waals surface area contributed by atoms with Crippen LogP contribution in [0, 0.1) is 12.7 Å². The molecule has 2 fully saturated rings. The molecule has 0 spiro atoms. The minimum Gasteiger partial charge on any atom is -0.438 e. The van der Waals surface area contributed by atoms with Crippen molar-refractivity contribution in [3.05, 3.63) is 66.2 Å². The second-order valence-corrected chi connectivity index (χ2v) is 10.6. The second kappa shape index (κ2) is 9.96. The Balaban J connectivity index is 1.31. The van der Waals surface area contributed by atoms with Crippen molar-refractivity contribution in [2.75, 3.05) is 29.4 Å². The molecule has 2 aromatic rings. The maximum atomic E-state index is 15.3. The Morgan fingerprint density at radius 1 is 1.19 bits per heavy atom. The predicted molar refractivity (Wildman–Crippen MR) is 128 cm³/mol. The summed E-state index contributed by atoms with van der Waals surface area (Å²) in [6.45, 7) is 2.99. The third-order valence-corrected chi connectivity index (χ3v) is 7.70. The van der Waals surface area contributed by atoms with Gasteiger partial charge in [0.25, 0.3) is 10.1 Å². The molecular weight excluding hydrogens is 489 g/mol. The van der Waals surface area contributed by atoms with Gasteiger partial charge in [0.2, 0.25) is 0 Å². The van der Waals surface area contributed by atoms with Gasteiger partial charge in [0.1, 0.15) is 31.0 Å². The lowest BCUT2D eigenvalue weighted by molar-refractivity contribution is -0.858. The van der Waals surface area contributed by atoms with Gasteiger partial charge < -0.3 is 9.64 Å². The molecule has 3 heterocycles. The monoisotopic (exact) mass is 516 g/mol. The van der Waals surface area contributed by atoms with Crippen LogP contribution in [0.3, 0.4) is 0 Å². The lowest BCUT2D eigenvalue weighted by Crippen LogP contribution is -3.03. The topological polar surface area (TPSA) is 105 Å². The molecule has 1 N–H and O–H groups in total. The number of ether oxygens (including phenoxy) is 1. The van der Waals surface area contributed by atoms with Crippen molar-refractivity contribution in [2.24, 2.45) is 10.3 Å². The van der Waals surface area contributed by atoms with Crippen molar-refractivity contribution < 1.29 is 31.5 Å². The maximum absolute atomic E-state index is 15.3. The molecule has 190 valence electrons. The minimum atomic E-state index is -4.03. The molecule has 3 aliphatic heterocycles. The number of cyclic esters (lactones) is 1. The van der Waals surface area contributed by atoms with Crippen molar-refractivity contribution in [3.8, 4) is 0 Å². The number of carbonyl (C=O) groups excluding carboxylic acids is 1. The highest BCUT2D eigenvalue weighted by molar-refractivity contribution is 7.86. The number of piperidine rings is 1.